The van der Waals surface area contributed by atoms with Crippen LogP contribution in [0.3, 0.4) is 0 Å². The van der Waals surface area contributed by atoms with Gasteiger partial charge in [0.25, 0.3) is 0 Å². The van der Waals surface area contributed by atoms with Crippen LogP contribution in [0.4, 0.5) is 10.1 Å². The molecule has 2 aromatic rings. The molecular formula is C17H20FN3S2. The number of thiocarbonyl (C=S) groups is 1. The van der Waals surface area contributed by atoms with E-state index in [4.69, 9.17) is 12.2 Å². The summed E-state index contributed by atoms with van der Waals surface area (Å²) in [5.74, 6) is -0.243. The molecule has 1 aromatic carbocycles. The van der Waals surface area contributed by atoms with Crippen LogP contribution in [0.2, 0.25) is 0 Å². The fourth-order valence-corrected chi connectivity index (χ4v) is 3.77. The monoisotopic (exact) mass is 349 g/mol. The van der Waals surface area contributed by atoms with Gasteiger partial charge in [0.2, 0.25) is 0 Å². The Kier molecular flexibility index (Phi) is 5.59. The fraction of sp³-hybridized carbons (Fsp3) is 0.353. The minimum atomic E-state index is -0.243. The Morgan fingerprint density at radius 2 is 1.96 bits per heavy atom. The summed E-state index contributed by atoms with van der Waals surface area (Å²) in [7, 11) is 0. The van der Waals surface area contributed by atoms with E-state index in [1.807, 2.05) is 11.3 Å². The van der Waals surface area contributed by atoms with E-state index in [9.17, 15) is 4.39 Å². The van der Waals surface area contributed by atoms with Crippen LogP contribution in [-0.2, 0) is 6.54 Å². The third-order valence-electron chi connectivity index (χ3n) is 3.98. The van der Waals surface area contributed by atoms with Crippen LogP contribution < -0.4 is 10.6 Å². The van der Waals surface area contributed by atoms with Crippen LogP contribution in [-0.4, -0.2) is 29.1 Å². The molecule has 1 aliphatic heterocycles. The van der Waals surface area contributed by atoms with Crippen LogP contribution in [0, 0.1) is 5.82 Å². The van der Waals surface area contributed by atoms with Gasteiger partial charge >= 0.3 is 0 Å². The summed E-state index contributed by atoms with van der Waals surface area (Å²) in [6.45, 7) is 3.20. The number of halogens is 1. The topological polar surface area (TPSA) is 27.3 Å². The van der Waals surface area contributed by atoms with Crippen molar-refractivity contribution in [1.29, 1.82) is 0 Å². The second-order valence-electron chi connectivity index (χ2n) is 5.74. The van der Waals surface area contributed by atoms with E-state index in [2.05, 4.69) is 33.0 Å². The van der Waals surface area contributed by atoms with Crippen molar-refractivity contribution in [1.82, 2.24) is 10.2 Å². The Balaban J connectivity index is 1.41. The zero-order valence-corrected chi connectivity index (χ0v) is 14.4. The van der Waals surface area contributed by atoms with Gasteiger partial charge in [-0.15, -0.1) is 11.3 Å². The van der Waals surface area contributed by atoms with E-state index < -0.39 is 0 Å². The van der Waals surface area contributed by atoms with Gasteiger partial charge in [0.15, 0.2) is 5.11 Å². The number of nitrogens with one attached hydrogen (secondary N) is 2. The van der Waals surface area contributed by atoms with Crippen LogP contribution in [0.1, 0.15) is 17.7 Å². The SMILES string of the molecule is Fc1ccc(NC(=S)NC2CCN(Cc3cccs3)CC2)cc1. The molecular weight excluding hydrogens is 329 g/mol. The highest BCUT2D eigenvalue weighted by Crippen LogP contribution is 2.17. The quantitative estimate of drug-likeness (QED) is 0.820. The second-order valence-corrected chi connectivity index (χ2v) is 7.18. The zero-order chi connectivity index (χ0) is 16.1. The van der Waals surface area contributed by atoms with E-state index in [1.54, 1.807) is 12.1 Å². The molecule has 1 aliphatic rings. The number of anilines is 1. The molecule has 0 bridgehead atoms. The maximum Gasteiger partial charge on any atom is 0.170 e. The highest BCUT2D eigenvalue weighted by Gasteiger charge is 2.19. The number of nitrogens with zero attached hydrogens (tertiary/aromatic N) is 1. The third-order valence-corrected chi connectivity index (χ3v) is 5.07. The number of hydrogen-bond acceptors (Lipinski definition) is 3. The lowest BCUT2D eigenvalue weighted by Gasteiger charge is -2.32. The van der Waals surface area contributed by atoms with Gasteiger partial charge in [0.1, 0.15) is 5.82 Å². The Labute approximate surface area is 145 Å². The first-order valence-electron chi connectivity index (χ1n) is 7.77. The number of piperidine rings is 1. The lowest BCUT2D eigenvalue weighted by atomic mass is 10.1. The minimum absolute atomic E-state index is 0.243. The van der Waals surface area contributed by atoms with Crippen molar-refractivity contribution in [3.63, 3.8) is 0 Å². The average molecular weight is 350 g/mol. The normalized spacial score (nSPS) is 16.2. The summed E-state index contributed by atoms with van der Waals surface area (Å²) in [4.78, 5) is 3.91. The molecule has 122 valence electrons. The molecule has 2 heterocycles. The maximum atomic E-state index is 12.9. The predicted octanol–water partition coefficient (Wildman–Crippen LogP) is 3.84. The summed E-state index contributed by atoms with van der Waals surface area (Å²) in [6, 6.07) is 10.9. The smallest absolute Gasteiger partial charge is 0.170 e. The highest BCUT2D eigenvalue weighted by atomic mass is 32.1. The van der Waals surface area contributed by atoms with E-state index >= 15 is 0 Å². The van der Waals surface area contributed by atoms with Crippen molar-refractivity contribution < 1.29 is 4.39 Å². The van der Waals surface area contributed by atoms with Crippen LogP contribution in [0.15, 0.2) is 41.8 Å². The summed E-state index contributed by atoms with van der Waals surface area (Å²) in [5.41, 5.74) is 0.805. The van der Waals surface area contributed by atoms with Crippen molar-refractivity contribution >= 4 is 34.4 Å². The van der Waals surface area contributed by atoms with Gasteiger partial charge in [-0.2, -0.15) is 0 Å². The first kappa shape index (κ1) is 16.4. The molecule has 0 saturated carbocycles. The van der Waals surface area contributed by atoms with E-state index in [1.165, 1.54) is 17.0 Å². The Hall–Kier alpha value is -1.50. The lowest BCUT2D eigenvalue weighted by molar-refractivity contribution is 0.201. The van der Waals surface area contributed by atoms with Gasteiger partial charge in [0, 0.05) is 36.2 Å². The number of likely N-dealkylation sites (tertiary alicyclic amines) is 1. The lowest BCUT2D eigenvalue weighted by Crippen LogP contribution is -2.45. The molecule has 6 heteroatoms. The molecule has 3 rings (SSSR count). The molecule has 23 heavy (non-hydrogen) atoms. The predicted molar refractivity (Wildman–Crippen MR) is 98.4 cm³/mol. The molecule has 0 unspecified atom stereocenters. The van der Waals surface area contributed by atoms with Gasteiger partial charge in [0.05, 0.1) is 0 Å². The first-order valence-corrected chi connectivity index (χ1v) is 9.05. The van der Waals surface area contributed by atoms with Gasteiger partial charge in [-0.3, -0.25) is 4.90 Å². The molecule has 0 atom stereocenters. The zero-order valence-electron chi connectivity index (χ0n) is 12.8. The van der Waals surface area contributed by atoms with Gasteiger partial charge in [-0.25, -0.2) is 4.39 Å². The average Bonchev–Trinajstić information content (AvgIpc) is 3.04. The van der Waals surface area contributed by atoms with Crippen LogP contribution in [0.5, 0.6) is 0 Å². The largest absolute Gasteiger partial charge is 0.360 e. The minimum Gasteiger partial charge on any atom is -0.360 e. The van der Waals surface area contributed by atoms with E-state index in [-0.39, 0.29) is 5.82 Å². The third kappa shape index (κ3) is 4.99. The molecule has 3 nitrogen and oxygen atoms in total. The molecule has 0 spiro atoms. The van der Waals surface area contributed by atoms with Crippen molar-refractivity contribution in [2.75, 3.05) is 18.4 Å². The fourth-order valence-electron chi connectivity index (χ4n) is 2.74. The summed E-state index contributed by atoms with van der Waals surface area (Å²) in [6.07, 6.45) is 2.16. The molecule has 0 aliphatic carbocycles. The number of rotatable bonds is 4. The summed E-state index contributed by atoms with van der Waals surface area (Å²) >= 11 is 7.16. The van der Waals surface area contributed by atoms with Gasteiger partial charge in [-0.05, 0) is 60.8 Å². The van der Waals surface area contributed by atoms with Crippen molar-refractivity contribution in [2.45, 2.75) is 25.4 Å². The highest BCUT2D eigenvalue weighted by molar-refractivity contribution is 7.80. The van der Waals surface area contributed by atoms with Crippen LogP contribution >= 0.6 is 23.6 Å². The summed E-state index contributed by atoms with van der Waals surface area (Å²) in [5, 5.41) is 9.20. The maximum absolute atomic E-state index is 12.9. The van der Waals surface area contributed by atoms with Gasteiger partial charge < -0.3 is 10.6 Å². The second kappa shape index (κ2) is 7.86. The number of thiophene rings is 1. The first-order chi connectivity index (χ1) is 11.2. The van der Waals surface area contributed by atoms with Crippen molar-refractivity contribution in [2.24, 2.45) is 0 Å². The molecule has 2 N–H and O–H groups in total. The Bertz CT molecular complexity index is 620. The molecule has 0 radical (unpaired) electrons. The standard InChI is InChI=1S/C17H20FN3S2/c18-13-3-5-14(6-4-13)19-17(22)20-15-7-9-21(10-8-15)12-16-2-1-11-23-16/h1-6,11,15H,7-10,12H2,(H2,19,20,22). The Morgan fingerprint density at radius 1 is 1.22 bits per heavy atom. The number of hydrogen-bond donors (Lipinski definition) is 2. The molecule has 1 saturated heterocycles. The molecule has 0 amide bonds. The molecule has 1 aromatic heterocycles. The van der Waals surface area contributed by atoms with Gasteiger partial charge in [-0.1, -0.05) is 6.07 Å². The van der Waals surface area contributed by atoms with Crippen molar-refractivity contribution in [3.8, 4) is 0 Å². The van der Waals surface area contributed by atoms with Crippen LogP contribution in [0.25, 0.3) is 0 Å². The van der Waals surface area contributed by atoms with E-state index in [0.717, 1.165) is 38.2 Å². The van der Waals surface area contributed by atoms with Crippen molar-refractivity contribution in [3.05, 3.63) is 52.5 Å². The number of benzene rings is 1. The molecule has 1 fully saturated rings. The summed E-state index contributed by atoms with van der Waals surface area (Å²) < 4.78 is 12.9. The Morgan fingerprint density at radius 3 is 2.61 bits per heavy atom. The van der Waals surface area contributed by atoms with E-state index in [0.29, 0.717) is 11.2 Å².